The van der Waals surface area contributed by atoms with Gasteiger partial charge >= 0.3 is 11.9 Å². The molecule has 0 saturated carbocycles. The summed E-state index contributed by atoms with van der Waals surface area (Å²) < 4.78 is 23.3. The Balaban J connectivity index is 1.91. The molecule has 0 bridgehead atoms. The van der Waals surface area contributed by atoms with Gasteiger partial charge in [-0.15, -0.1) is 0 Å². The zero-order valence-corrected chi connectivity index (χ0v) is 21.9. The maximum absolute atomic E-state index is 13.7. The van der Waals surface area contributed by atoms with E-state index in [2.05, 4.69) is 4.99 Å². The van der Waals surface area contributed by atoms with Crippen LogP contribution in [0, 0.1) is 0 Å². The average molecular weight is 523 g/mol. The van der Waals surface area contributed by atoms with Crippen LogP contribution in [0.15, 0.2) is 63.5 Å². The third-order valence-corrected chi connectivity index (χ3v) is 6.67. The summed E-state index contributed by atoms with van der Waals surface area (Å²) in [7, 11) is 3.06. The highest BCUT2D eigenvalue weighted by molar-refractivity contribution is 7.07. The lowest BCUT2D eigenvalue weighted by Gasteiger charge is -2.26. The second kappa shape index (κ2) is 10.8. The van der Waals surface area contributed by atoms with E-state index in [0.717, 1.165) is 5.56 Å². The van der Waals surface area contributed by atoms with Gasteiger partial charge in [-0.05, 0) is 49.8 Å². The molecule has 1 aliphatic rings. The molecule has 37 heavy (non-hydrogen) atoms. The maximum atomic E-state index is 13.7. The van der Waals surface area contributed by atoms with Crippen molar-refractivity contribution in [2.24, 2.45) is 4.99 Å². The van der Waals surface area contributed by atoms with Crippen LogP contribution in [0.25, 0.3) is 6.08 Å². The predicted octanol–water partition coefficient (Wildman–Crippen LogP) is 2.74. The molecular formula is C27H26N2O7S. The predicted molar refractivity (Wildman–Crippen MR) is 138 cm³/mol. The van der Waals surface area contributed by atoms with Crippen molar-refractivity contribution in [2.75, 3.05) is 20.8 Å². The van der Waals surface area contributed by atoms with Crippen LogP contribution in [-0.4, -0.2) is 37.3 Å². The largest absolute Gasteiger partial charge is 0.497 e. The first-order valence-electron chi connectivity index (χ1n) is 11.5. The Morgan fingerprint density at radius 2 is 1.78 bits per heavy atom. The SMILES string of the molecule is CCOC(=O)C1=C(C)N=c2s/c(=C\c3ccc(OC(C)=O)cc3)c(=O)n2[C@@H]1c1ccc(OC)cc1OC. The third kappa shape index (κ3) is 5.19. The summed E-state index contributed by atoms with van der Waals surface area (Å²) >= 11 is 1.21. The van der Waals surface area contributed by atoms with Crippen LogP contribution in [0.2, 0.25) is 0 Å². The minimum atomic E-state index is -0.815. The lowest BCUT2D eigenvalue weighted by Crippen LogP contribution is -2.40. The molecule has 0 saturated heterocycles. The van der Waals surface area contributed by atoms with E-state index < -0.39 is 18.0 Å². The lowest BCUT2D eigenvalue weighted by molar-refractivity contribution is -0.139. The average Bonchev–Trinajstić information content (AvgIpc) is 3.17. The second-order valence-electron chi connectivity index (χ2n) is 8.07. The minimum absolute atomic E-state index is 0.176. The molecule has 0 spiro atoms. The Morgan fingerprint density at radius 1 is 1.08 bits per heavy atom. The fourth-order valence-corrected chi connectivity index (χ4v) is 5.13. The number of rotatable bonds is 7. The highest BCUT2D eigenvalue weighted by Crippen LogP contribution is 2.37. The molecule has 2 heterocycles. The number of esters is 2. The molecule has 0 amide bonds. The number of hydrogen-bond donors (Lipinski definition) is 0. The van der Waals surface area contributed by atoms with Crippen LogP contribution in [0.4, 0.5) is 0 Å². The highest BCUT2D eigenvalue weighted by Gasteiger charge is 2.35. The number of aromatic nitrogens is 1. The Morgan fingerprint density at radius 3 is 2.41 bits per heavy atom. The molecule has 1 aliphatic heterocycles. The van der Waals surface area contributed by atoms with Gasteiger partial charge in [0.2, 0.25) is 0 Å². The van der Waals surface area contributed by atoms with Gasteiger partial charge in [-0.2, -0.15) is 0 Å². The maximum Gasteiger partial charge on any atom is 0.338 e. The Hall–Kier alpha value is -4.18. The van der Waals surface area contributed by atoms with Crippen molar-refractivity contribution >= 4 is 29.4 Å². The molecule has 9 nitrogen and oxygen atoms in total. The van der Waals surface area contributed by atoms with Crippen molar-refractivity contribution in [3.05, 3.63) is 84.5 Å². The first-order chi connectivity index (χ1) is 17.8. The summed E-state index contributed by atoms with van der Waals surface area (Å²) in [5.41, 5.74) is 1.74. The fourth-order valence-electron chi connectivity index (χ4n) is 4.08. The molecule has 1 aromatic heterocycles. The molecule has 0 unspecified atom stereocenters. The molecule has 2 aromatic carbocycles. The van der Waals surface area contributed by atoms with E-state index in [1.54, 1.807) is 69.5 Å². The van der Waals surface area contributed by atoms with Gasteiger partial charge in [-0.3, -0.25) is 14.2 Å². The van der Waals surface area contributed by atoms with Gasteiger partial charge in [0.05, 0.1) is 36.6 Å². The summed E-state index contributed by atoms with van der Waals surface area (Å²) in [5.74, 6) is 0.470. The molecule has 0 radical (unpaired) electrons. The Labute approximate surface area is 216 Å². The number of carbonyl (C=O) groups is 2. The number of methoxy groups -OCH3 is 2. The van der Waals surface area contributed by atoms with E-state index in [1.165, 1.54) is 29.9 Å². The van der Waals surface area contributed by atoms with Gasteiger partial charge in [0.15, 0.2) is 4.80 Å². The zero-order valence-electron chi connectivity index (χ0n) is 21.1. The molecule has 0 fully saturated rings. The van der Waals surface area contributed by atoms with Crippen molar-refractivity contribution in [1.29, 1.82) is 0 Å². The van der Waals surface area contributed by atoms with Gasteiger partial charge in [-0.1, -0.05) is 23.5 Å². The molecule has 192 valence electrons. The van der Waals surface area contributed by atoms with Crippen molar-refractivity contribution < 1.29 is 28.5 Å². The zero-order chi connectivity index (χ0) is 26.7. The van der Waals surface area contributed by atoms with E-state index in [9.17, 15) is 14.4 Å². The highest BCUT2D eigenvalue weighted by atomic mass is 32.1. The number of nitrogens with zero attached hydrogens (tertiary/aromatic N) is 2. The van der Waals surface area contributed by atoms with Gasteiger partial charge in [0.25, 0.3) is 5.56 Å². The topological polar surface area (TPSA) is 105 Å². The normalized spacial score (nSPS) is 15.1. The van der Waals surface area contributed by atoms with Crippen molar-refractivity contribution in [2.45, 2.75) is 26.8 Å². The first-order valence-corrected chi connectivity index (χ1v) is 12.3. The number of allylic oxidation sites excluding steroid dienone is 1. The summed E-state index contributed by atoms with van der Waals surface area (Å²) in [6.45, 7) is 4.95. The van der Waals surface area contributed by atoms with E-state index >= 15 is 0 Å². The van der Waals surface area contributed by atoms with Gasteiger partial charge < -0.3 is 18.9 Å². The van der Waals surface area contributed by atoms with Crippen LogP contribution in [0.1, 0.15) is 37.9 Å². The van der Waals surface area contributed by atoms with Crippen LogP contribution in [0.5, 0.6) is 17.2 Å². The molecule has 0 aliphatic carbocycles. The fraction of sp³-hybridized carbons (Fsp3) is 0.259. The molecule has 10 heteroatoms. The van der Waals surface area contributed by atoms with E-state index in [1.807, 2.05) is 0 Å². The molecule has 4 rings (SSSR count). The van der Waals surface area contributed by atoms with Crippen LogP contribution in [0.3, 0.4) is 0 Å². The Bertz CT molecular complexity index is 1570. The van der Waals surface area contributed by atoms with E-state index in [0.29, 0.717) is 37.8 Å². The monoisotopic (exact) mass is 522 g/mol. The van der Waals surface area contributed by atoms with Gasteiger partial charge in [0, 0.05) is 18.6 Å². The molecule has 0 N–H and O–H groups in total. The standard InChI is InChI=1S/C27H26N2O7S/c1-6-35-26(32)23-15(2)28-27-29(24(23)20-12-11-19(33-4)14-21(20)34-5)25(31)22(37-27)13-17-7-9-18(10-8-17)36-16(3)30/h7-14,24H,6H2,1-5H3/b22-13-/t24-/m1/s1. The van der Waals surface area contributed by atoms with Crippen LogP contribution in [-0.2, 0) is 14.3 Å². The Kier molecular flexibility index (Phi) is 7.58. The van der Waals surface area contributed by atoms with E-state index in [-0.39, 0.29) is 17.7 Å². The summed E-state index contributed by atoms with van der Waals surface area (Å²) in [6, 6.07) is 11.2. The molecule has 3 aromatic rings. The summed E-state index contributed by atoms with van der Waals surface area (Å²) in [4.78, 5) is 43.0. The molecular weight excluding hydrogens is 496 g/mol. The van der Waals surface area contributed by atoms with E-state index in [4.69, 9.17) is 18.9 Å². The smallest absolute Gasteiger partial charge is 0.338 e. The number of fused-ring (bicyclic) bond motifs is 1. The lowest BCUT2D eigenvalue weighted by atomic mass is 9.95. The van der Waals surface area contributed by atoms with Crippen molar-refractivity contribution in [1.82, 2.24) is 4.57 Å². The quantitative estimate of drug-likeness (QED) is 0.347. The number of benzene rings is 2. The number of ether oxygens (including phenoxy) is 4. The van der Waals surface area contributed by atoms with Crippen molar-refractivity contribution in [3.8, 4) is 17.2 Å². The summed E-state index contributed by atoms with van der Waals surface area (Å²) in [6.07, 6.45) is 1.73. The van der Waals surface area contributed by atoms with Crippen molar-refractivity contribution in [3.63, 3.8) is 0 Å². The minimum Gasteiger partial charge on any atom is -0.497 e. The first kappa shape index (κ1) is 25.9. The second-order valence-corrected chi connectivity index (χ2v) is 9.08. The van der Waals surface area contributed by atoms with Crippen LogP contribution >= 0.6 is 11.3 Å². The molecule has 1 atom stereocenters. The van der Waals surface area contributed by atoms with Gasteiger partial charge in [0.1, 0.15) is 23.3 Å². The number of hydrogen-bond acceptors (Lipinski definition) is 9. The third-order valence-electron chi connectivity index (χ3n) is 5.69. The van der Waals surface area contributed by atoms with Crippen LogP contribution < -0.4 is 29.1 Å². The number of thiazole rings is 1. The number of carbonyl (C=O) groups excluding carboxylic acids is 2. The summed E-state index contributed by atoms with van der Waals surface area (Å²) in [5, 5.41) is 0. The van der Waals surface area contributed by atoms with Gasteiger partial charge in [-0.25, -0.2) is 9.79 Å².